The Balaban J connectivity index is 1.98. The lowest BCUT2D eigenvalue weighted by Crippen LogP contribution is -2.30. The van der Waals surface area contributed by atoms with Gasteiger partial charge in [-0.1, -0.05) is 0 Å². The number of phenols is 1. The minimum Gasteiger partial charge on any atom is -0.508 e. The highest BCUT2D eigenvalue weighted by atomic mass is 16.5. The molecule has 116 valence electrons. The lowest BCUT2D eigenvalue weighted by molar-refractivity contribution is 0.139. The summed E-state index contributed by atoms with van der Waals surface area (Å²) in [4.78, 5) is 12.6. The van der Waals surface area contributed by atoms with E-state index in [9.17, 15) is 15.0 Å². The molecule has 0 unspecified atom stereocenters. The summed E-state index contributed by atoms with van der Waals surface area (Å²) in [5, 5.41) is 18.9. The van der Waals surface area contributed by atoms with Gasteiger partial charge >= 0.3 is 6.09 Å². The average Bonchev–Trinajstić information content (AvgIpc) is 3.24. The van der Waals surface area contributed by atoms with Gasteiger partial charge in [-0.2, -0.15) is 0 Å². The SMILES string of the molecule is COCCCOc1cc(O)cc(CN(C(=O)O)C2CC2)c1. The van der Waals surface area contributed by atoms with Crippen LogP contribution in [0, 0.1) is 0 Å². The van der Waals surface area contributed by atoms with E-state index in [1.54, 1.807) is 19.2 Å². The maximum atomic E-state index is 11.2. The fraction of sp³-hybridized carbons (Fsp3) is 0.533. The Hall–Kier alpha value is -1.95. The van der Waals surface area contributed by atoms with Crippen molar-refractivity contribution >= 4 is 6.09 Å². The molecule has 21 heavy (non-hydrogen) atoms. The number of nitrogens with zero attached hydrogens (tertiary/aromatic N) is 1. The van der Waals surface area contributed by atoms with Gasteiger partial charge in [-0.15, -0.1) is 0 Å². The van der Waals surface area contributed by atoms with Crippen molar-refractivity contribution in [2.45, 2.75) is 31.8 Å². The Morgan fingerprint density at radius 2 is 2.10 bits per heavy atom. The van der Waals surface area contributed by atoms with Crippen LogP contribution in [0.5, 0.6) is 11.5 Å². The second-order valence-corrected chi connectivity index (χ2v) is 5.17. The largest absolute Gasteiger partial charge is 0.508 e. The van der Waals surface area contributed by atoms with Crippen LogP contribution >= 0.6 is 0 Å². The Bertz CT molecular complexity index is 487. The molecule has 6 heteroatoms. The Kier molecular flexibility index (Phi) is 5.27. The van der Waals surface area contributed by atoms with Gasteiger partial charge in [0.25, 0.3) is 0 Å². The van der Waals surface area contributed by atoms with Crippen LogP contribution in [-0.4, -0.2) is 47.6 Å². The van der Waals surface area contributed by atoms with Crippen molar-refractivity contribution in [3.63, 3.8) is 0 Å². The fourth-order valence-corrected chi connectivity index (χ4v) is 2.15. The molecule has 0 heterocycles. The Morgan fingerprint density at radius 3 is 2.71 bits per heavy atom. The van der Waals surface area contributed by atoms with Gasteiger partial charge in [0.1, 0.15) is 11.5 Å². The molecule has 1 fully saturated rings. The van der Waals surface area contributed by atoms with Crippen molar-refractivity contribution in [3.8, 4) is 11.5 Å². The molecule has 0 bridgehead atoms. The lowest BCUT2D eigenvalue weighted by atomic mass is 10.2. The van der Waals surface area contributed by atoms with Gasteiger partial charge in [-0.3, -0.25) is 0 Å². The van der Waals surface area contributed by atoms with Gasteiger partial charge in [0.2, 0.25) is 0 Å². The maximum absolute atomic E-state index is 11.2. The van der Waals surface area contributed by atoms with Gasteiger partial charge in [0.05, 0.1) is 6.61 Å². The number of benzene rings is 1. The molecule has 6 nitrogen and oxygen atoms in total. The molecule has 1 amide bonds. The highest BCUT2D eigenvalue weighted by Crippen LogP contribution is 2.30. The smallest absolute Gasteiger partial charge is 0.407 e. The summed E-state index contributed by atoms with van der Waals surface area (Å²) < 4.78 is 10.5. The number of phenolic OH excluding ortho intramolecular Hbond substituents is 1. The summed E-state index contributed by atoms with van der Waals surface area (Å²) in [5.74, 6) is 0.623. The van der Waals surface area contributed by atoms with Crippen molar-refractivity contribution in [1.29, 1.82) is 0 Å². The van der Waals surface area contributed by atoms with E-state index in [4.69, 9.17) is 9.47 Å². The first-order valence-electron chi connectivity index (χ1n) is 7.04. The van der Waals surface area contributed by atoms with E-state index < -0.39 is 6.09 Å². The third-order valence-electron chi connectivity index (χ3n) is 3.30. The number of rotatable bonds is 8. The summed E-state index contributed by atoms with van der Waals surface area (Å²) >= 11 is 0. The van der Waals surface area contributed by atoms with Gasteiger partial charge in [-0.05, 0) is 30.5 Å². The third kappa shape index (κ3) is 4.82. The first-order valence-corrected chi connectivity index (χ1v) is 7.04. The summed E-state index contributed by atoms with van der Waals surface area (Å²) in [5.41, 5.74) is 0.728. The van der Waals surface area contributed by atoms with Gasteiger partial charge in [-0.25, -0.2) is 4.79 Å². The molecule has 2 rings (SSSR count). The van der Waals surface area contributed by atoms with Crippen LogP contribution in [0.3, 0.4) is 0 Å². The number of hydrogen-bond acceptors (Lipinski definition) is 4. The third-order valence-corrected chi connectivity index (χ3v) is 3.30. The summed E-state index contributed by atoms with van der Waals surface area (Å²) in [6.45, 7) is 1.37. The van der Waals surface area contributed by atoms with Crippen molar-refractivity contribution in [2.24, 2.45) is 0 Å². The van der Waals surface area contributed by atoms with Crippen LogP contribution in [0.4, 0.5) is 4.79 Å². The first-order chi connectivity index (χ1) is 10.1. The number of aromatic hydroxyl groups is 1. The van der Waals surface area contributed by atoms with Gasteiger partial charge < -0.3 is 24.6 Å². The van der Waals surface area contributed by atoms with Gasteiger partial charge in [0.15, 0.2) is 0 Å². The number of carbonyl (C=O) groups is 1. The molecule has 0 radical (unpaired) electrons. The van der Waals surface area contributed by atoms with Crippen LogP contribution in [0.25, 0.3) is 0 Å². The zero-order valence-corrected chi connectivity index (χ0v) is 12.1. The highest BCUT2D eigenvalue weighted by Gasteiger charge is 2.32. The van der Waals surface area contributed by atoms with E-state index >= 15 is 0 Å². The van der Waals surface area contributed by atoms with E-state index in [2.05, 4.69) is 0 Å². The minimum absolute atomic E-state index is 0.0791. The molecule has 1 aliphatic rings. The first kappa shape index (κ1) is 15.4. The molecule has 1 saturated carbocycles. The number of methoxy groups -OCH3 is 1. The Labute approximate surface area is 123 Å². The van der Waals surface area contributed by atoms with Crippen LogP contribution < -0.4 is 4.74 Å². The van der Waals surface area contributed by atoms with Crippen LogP contribution in [0.15, 0.2) is 18.2 Å². The molecular weight excluding hydrogens is 274 g/mol. The highest BCUT2D eigenvalue weighted by molar-refractivity contribution is 5.66. The van der Waals surface area contributed by atoms with Crippen LogP contribution in [0.2, 0.25) is 0 Å². The summed E-state index contributed by atoms with van der Waals surface area (Å²) in [6.07, 6.45) is 1.64. The zero-order chi connectivity index (χ0) is 15.2. The number of carboxylic acid groups (broad SMARTS) is 1. The normalized spacial score (nSPS) is 14.0. The van der Waals surface area contributed by atoms with Crippen LogP contribution in [-0.2, 0) is 11.3 Å². The van der Waals surface area contributed by atoms with E-state index in [0.29, 0.717) is 19.0 Å². The molecule has 1 aromatic carbocycles. The fourth-order valence-electron chi connectivity index (χ4n) is 2.15. The standard InChI is InChI=1S/C15H21NO5/c1-20-5-2-6-21-14-8-11(7-13(17)9-14)10-16(15(18)19)12-3-4-12/h7-9,12,17H,2-6,10H2,1H3,(H,18,19). The molecular formula is C15H21NO5. The maximum Gasteiger partial charge on any atom is 0.407 e. The molecule has 1 aromatic rings. The average molecular weight is 295 g/mol. The molecule has 0 saturated heterocycles. The molecule has 0 atom stereocenters. The topological polar surface area (TPSA) is 79.2 Å². The summed E-state index contributed by atoms with van der Waals surface area (Å²) in [6, 6.07) is 4.97. The second kappa shape index (κ2) is 7.17. The lowest BCUT2D eigenvalue weighted by Gasteiger charge is -2.19. The minimum atomic E-state index is -0.927. The monoisotopic (exact) mass is 295 g/mol. The number of amides is 1. The molecule has 0 aromatic heterocycles. The number of hydrogen-bond donors (Lipinski definition) is 2. The quantitative estimate of drug-likeness (QED) is 0.720. The predicted molar refractivity (Wildman–Crippen MR) is 76.7 cm³/mol. The summed E-state index contributed by atoms with van der Waals surface area (Å²) in [7, 11) is 1.63. The molecule has 0 spiro atoms. The Morgan fingerprint density at radius 1 is 1.33 bits per heavy atom. The van der Waals surface area contributed by atoms with E-state index in [-0.39, 0.29) is 18.3 Å². The van der Waals surface area contributed by atoms with Crippen molar-refractivity contribution in [1.82, 2.24) is 4.90 Å². The van der Waals surface area contributed by atoms with Gasteiger partial charge in [0, 0.05) is 38.8 Å². The second-order valence-electron chi connectivity index (χ2n) is 5.17. The van der Waals surface area contributed by atoms with E-state index in [1.165, 1.54) is 11.0 Å². The molecule has 2 N–H and O–H groups in total. The molecule has 0 aliphatic heterocycles. The zero-order valence-electron chi connectivity index (χ0n) is 12.1. The van der Waals surface area contributed by atoms with E-state index in [0.717, 1.165) is 24.8 Å². The number of ether oxygens (including phenoxy) is 2. The van der Waals surface area contributed by atoms with Crippen molar-refractivity contribution in [3.05, 3.63) is 23.8 Å². The predicted octanol–water partition coefficient (Wildman–Crippen LogP) is 2.45. The van der Waals surface area contributed by atoms with Crippen molar-refractivity contribution in [2.75, 3.05) is 20.3 Å². The van der Waals surface area contributed by atoms with Crippen LogP contribution in [0.1, 0.15) is 24.8 Å². The molecule has 1 aliphatic carbocycles. The van der Waals surface area contributed by atoms with Crippen molar-refractivity contribution < 1.29 is 24.5 Å². The van der Waals surface area contributed by atoms with E-state index in [1.807, 2.05) is 0 Å².